The first-order valence-corrected chi connectivity index (χ1v) is 9.03. The summed E-state index contributed by atoms with van der Waals surface area (Å²) < 4.78 is 27.6. The van der Waals surface area contributed by atoms with Gasteiger partial charge in [-0.05, 0) is 24.1 Å². The molecule has 5 nitrogen and oxygen atoms in total. The molecule has 0 saturated heterocycles. The molecule has 0 fully saturated rings. The Kier molecular flexibility index (Phi) is 5.34. The summed E-state index contributed by atoms with van der Waals surface area (Å²) in [4.78, 5) is 4.10. The SMILES string of the molecule is CCC(NS(=O)(=O)c1cc(CO)ccc1Cl)c1nccs1. The van der Waals surface area contributed by atoms with Gasteiger partial charge in [0.05, 0.1) is 17.7 Å². The average molecular weight is 347 g/mol. The Morgan fingerprint density at radius 2 is 2.24 bits per heavy atom. The Bertz CT molecular complexity index is 702. The maximum Gasteiger partial charge on any atom is 0.242 e. The van der Waals surface area contributed by atoms with Crippen molar-refractivity contribution in [2.24, 2.45) is 0 Å². The smallest absolute Gasteiger partial charge is 0.242 e. The van der Waals surface area contributed by atoms with Gasteiger partial charge in [0.15, 0.2) is 0 Å². The summed E-state index contributed by atoms with van der Waals surface area (Å²) in [5, 5.41) is 11.8. The molecule has 2 aromatic rings. The van der Waals surface area contributed by atoms with Crippen molar-refractivity contribution >= 4 is 33.0 Å². The molecular formula is C13H15ClN2O3S2. The highest BCUT2D eigenvalue weighted by molar-refractivity contribution is 7.89. The van der Waals surface area contributed by atoms with Crippen molar-refractivity contribution in [3.63, 3.8) is 0 Å². The molecule has 1 aromatic carbocycles. The van der Waals surface area contributed by atoms with Crippen molar-refractivity contribution < 1.29 is 13.5 Å². The molecule has 0 amide bonds. The van der Waals surface area contributed by atoms with Gasteiger partial charge in [0.2, 0.25) is 10.0 Å². The molecular weight excluding hydrogens is 332 g/mol. The third kappa shape index (κ3) is 3.81. The predicted octanol–water partition coefficient (Wildman–Crippen LogP) is 2.72. The topological polar surface area (TPSA) is 79.3 Å². The minimum absolute atomic E-state index is 0.0364. The normalized spacial score (nSPS) is 13.3. The summed E-state index contributed by atoms with van der Waals surface area (Å²) in [5.74, 6) is 0. The van der Waals surface area contributed by atoms with Crippen molar-refractivity contribution in [2.45, 2.75) is 30.9 Å². The number of hydrogen-bond acceptors (Lipinski definition) is 5. The highest BCUT2D eigenvalue weighted by Gasteiger charge is 2.24. The Morgan fingerprint density at radius 3 is 2.81 bits per heavy atom. The summed E-state index contributed by atoms with van der Waals surface area (Å²) in [7, 11) is -3.79. The van der Waals surface area contributed by atoms with Gasteiger partial charge in [0.25, 0.3) is 0 Å². The Hall–Kier alpha value is -0.990. The standard InChI is InChI=1S/C13H15ClN2O3S2/c1-2-11(13-15-5-6-20-13)16-21(18,19)12-7-9(8-17)3-4-10(12)14/h3-7,11,16-17H,2,8H2,1H3. The second kappa shape index (κ2) is 6.85. The van der Waals surface area contributed by atoms with Crippen LogP contribution in [0.5, 0.6) is 0 Å². The van der Waals surface area contributed by atoms with Crippen molar-refractivity contribution in [1.29, 1.82) is 0 Å². The van der Waals surface area contributed by atoms with Crippen molar-refractivity contribution in [1.82, 2.24) is 9.71 Å². The summed E-state index contributed by atoms with van der Waals surface area (Å²) in [5.41, 5.74) is 0.488. The second-order valence-electron chi connectivity index (χ2n) is 4.38. The van der Waals surface area contributed by atoms with Crippen molar-refractivity contribution in [2.75, 3.05) is 0 Å². The van der Waals surface area contributed by atoms with E-state index >= 15 is 0 Å². The number of aliphatic hydroxyl groups excluding tert-OH is 1. The second-order valence-corrected chi connectivity index (χ2v) is 7.39. The molecule has 1 heterocycles. The lowest BCUT2D eigenvalue weighted by atomic mass is 10.2. The minimum Gasteiger partial charge on any atom is -0.392 e. The molecule has 8 heteroatoms. The molecule has 0 radical (unpaired) electrons. The maximum atomic E-state index is 12.5. The van der Waals surface area contributed by atoms with E-state index in [4.69, 9.17) is 16.7 Å². The summed E-state index contributed by atoms with van der Waals surface area (Å²) in [6.45, 7) is 1.63. The monoisotopic (exact) mass is 346 g/mol. The number of rotatable bonds is 6. The quantitative estimate of drug-likeness (QED) is 0.842. The van der Waals surface area contributed by atoms with Crippen LogP contribution in [0.15, 0.2) is 34.7 Å². The average Bonchev–Trinajstić information content (AvgIpc) is 2.99. The number of aromatic nitrogens is 1. The first-order chi connectivity index (χ1) is 9.97. The van der Waals surface area contributed by atoms with Gasteiger partial charge < -0.3 is 5.11 Å². The number of hydrogen-bond donors (Lipinski definition) is 2. The predicted molar refractivity (Wildman–Crippen MR) is 82.8 cm³/mol. The third-order valence-corrected chi connectivity index (χ3v) is 5.77. The van der Waals surface area contributed by atoms with E-state index in [2.05, 4.69) is 9.71 Å². The van der Waals surface area contributed by atoms with Crippen LogP contribution < -0.4 is 4.72 Å². The Balaban J connectivity index is 2.34. The molecule has 21 heavy (non-hydrogen) atoms. The summed E-state index contributed by atoms with van der Waals surface area (Å²) in [6.07, 6.45) is 2.21. The number of nitrogens with zero attached hydrogens (tertiary/aromatic N) is 1. The summed E-state index contributed by atoms with van der Waals surface area (Å²) in [6, 6.07) is 4.02. The molecule has 0 aliphatic rings. The molecule has 114 valence electrons. The molecule has 0 bridgehead atoms. The lowest BCUT2D eigenvalue weighted by Gasteiger charge is -2.16. The lowest BCUT2D eigenvalue weighted by molar-refractivity contribution is 0.281. The number of nitrogens with one attached hydrogen (secondary N) is 1. The molecule has 0 aliphatic carbocycles. The zero-order valence-electron chi connectivity index (χ0n) is 11.3. The summed E-state index contributed by atoms with van der Waals surface area (Å²) >= 11 is 7.37. The molecule has 0 aliphatic heterocycles. The van der Waals surface area contributed by atoms with Gasteiger partial charge in [0.1, 0.15) is 9.90 Å². The first-order valence-electron chi connectivity index (χ1n) is 6.29. The van der Waals surface area contributed by atoms with Crippen LogP contribution in [0.2, 0.25) is 5.02 Å². The Labute approximate surface area is 132 Å². The zero-order valence-corrected chi connectivity index (χ0v) is 13.7. The van der Waals surface area contributed by atoms with Gasteiger partial charge in [-0.2, -0.15) is 0 Å². The van der Waals surface area contributed by atoms with Crippen LogP contribution in [0.1, 0.15) is 30.0 Å². The molecule has 2 rings (SSSR count). The number of aliphatic hydroxyl groups is 1. The van der Waals surface area contributed by atoms with E-state index in [-0.39, 0.29) is 16.5 Å². The van der Waals surface area contributed by atoms with E-state index in [9.17, 15) is 8.42 Å². The van der Waals surface area contributed by atoms with Crippen LogP contribution in [0.4, 0.5) is 0 Å². The number of thiazole rings is 1. The number of halogens is 1. The highest BCUT2D eigenvalue weighted by atomic mass is 35.5. The lowest BCUT2D eigenvalue weighted by Crippen LogP contribution is -2.28. The van der Waals surface area contributed by atoms with E-state index in [1.165, 1.54) is 23.5 Å². The molecule has 2 N–H and O–H groups in total. The van der Waals surface area contributed by atoms with Crippen molar-refractivity contribution in [3.05, 3.63) is 45.4 Å². The van der Waals surface area contributed by atoms with Gasteiger partial charge in [0, 0.05) is 11.6 Å². The van der Waals surface area contributed by atoms with E-state index < -0.39 is 16.1 Å². The van der Waals surface area contributed by atoms with Gasteiger partial charge in [-0.3, -0.25) is 0 Å². The fourth-order valence-corrected chi connectivity index (χ4v) is 4.50. The van der Waals surface area contributed by atoms with Crippen LogP contribution in [0.25, 0.3) is 0 Å². The minimum atomic E-state index is -3.79. The fraction of sp³-hybridized carbons (Fsp3) is 0.308. The van der Waals surface area contributed by atoms with Gasteiger partial charge in [-0.1, -0.05) is 24.6 Å². The van der Waals surface area contributed by atoms with Gasteiger partial charge in [-0.25, -0.2) is 18.1 Å². The molecule has 0 saturated carbocycles. The number of benzene rings is 1. The van der Waals surface area contributed by atoms with E-state index in [0.29, 0.717) is 17.0 Å². The maximum absolute atomic E-state index is 12.5. The molecule has 1 unspecified atom stereocenters. The zero-order chi connectivity index (χ0) is 15.5. The fourth-order valence-electron chi connectivity index (χ4n) is 1.82. The molecule has 1 atom stereocenters. The van der Waals surface area contributed by atoms with Crippen molar-refractivity contribution in [3.8, 4) is 0 Å². The molecule has 0 spiro atoms. The Morgan fingerprint density at radius 1 is 1.48 bits per heavy atom. The largest absolute Gasteiger partial charge is 0.392 e. The first kappa shape index (κ1) is 16.4. The van der Waals surface area contributed by atoms with E-state index in [0.717, 1.165) is 0 Å². The molecule has 1 aromatic heterocycles. The van der Waals surface area contributed by atoms with Crippen LogP contribution in [-0.2, 0) is 16.6 Å². The number of sulfonamides is 1. The van der Waals surface area contributed by atoms with E-state index in [1.807, 2.05) is 6.92 Å². The van der Waals surface area contributed by atoms with Gasteiger partial charge >= 0.3 is 0 Å². The highest BCUT2D eigenvalue weighted by Crippen LogP contribution is 2.26. The van der Waals surface area contributed by atoms with Crippen LogP contribution in [-0.4, -0.2) is 18.5 Å². The van der Waals surface area contributed by atoms with Crippen LogP contribution in [0.3, 0.4) is 0 Å². The van der Waals surface area contributed by atoms with Crippen LogP contribution in [0, 0.1) is 0 Å². The van der Waals surface area contributed by atoms with Gasteiger partial charge in [-0.15, -0.1) is 11.3 Å². The van der Waals surface area contributed by atoms with Crippen LogP contribution >= 0.6 is 22.9 Å². The third-order valence-electron chi connectivity index (χ3n) is 2.92. The van der Waals surface area contributed by atoms with E-state index in [1.54, 1.807) is 17.6 Å².